The van der Waals surface area contributed by atoms with Crippen LogP contribution in [0.3, 0.4) is 0 Å². The molecule has 68 heavy (non-hydrogen) atoms. The average molecular weight is 939 g/mol. The number of benzene rings is 4. The fraction of sp³-hybridized carbons (Fsp3) is 0.261. The number of isocyanates is 2. The molecule has 22 heteroatoms. The van der Waals surface area contributed by atoms with Crippen LogP contribution in [0.15, 0.2) is 107 Å². The van der Waals surface area contributed by atoms with Crippen LogP contribution in [0.5, 0.6) is 0 Å². The smallest absolute Gasteiger partial charge is 0.411 e. The van der Waals surface area contributed by atoms with E-state index in [1.165, 1.54) is 109 Å². The number of carbonyl (C=O) groups excluding carboxylic acids is 10. The summed E-state index contributed by atoms with van der Waals surface area (Å²) >= 11 is 0. The van der Waals surface area contributed by atoms with Crippen LogP contribution < -0.4 is 10.6 Å². The van der Waals surface area contributed by atoms with Crippen molar-refractivity contribution in [2.24, 2.45) is 15.9 Å². The minimum Gasteiger partial charge on any atom is -0.462 e. The molecule has 0 unspecified atom stereocenters. The number of aliphatic imine (C=N–C) groups is 2. The Morgan fingerprint density at radius 1 is 0.412 bits per heavy atom. The van der Waals surface area contributed by atoms with Gasteiger partial charge in [0.1, 0.15) is 52.9 Å². The Morgan fingerprint density at radius 3 is 0.971 bits per heavy atom. The molecule has 0 bridgehead atoms. The lowest BCUT2D eigenvalue weighted by Gasteiger charge is -2.12. The summed E-state index contributed by atoms with van der Waals surface area (Å²) < 4.78 is 40.4. The number of nitrogens with one attached hydrogen (secondary N) is 2. The Hall–Kier alpha value is -9.00. The zero-order valence-electron chi connectivity index (χ0n) is 36.1. The van der Waals surface area contributed by atoms with Gasteiger partial charge in [0.15, 0.2) is 0 Å². The van der Waals surface area contributed by atoms with Gasteiger partial charge in [-0.2, -0.15) is 9.98 Å². The molecule has 0 aliphatic carbocycles. The van der Waals surface area contributed by atoms with Gasteiger partial charge in [-0.3, -0.25) is 20.2 Å². The molecular formula is C46H42N4O18. The molecule has 0 aliphatic rings. The van der Waals surface area contributed by atoms with Gasteiger partial charge < -0.3 is 37.9 Å². The maximum absolute atomic E-state index is 12.3. The lowest BCUT2D eigenvalue weighted by molar-refractivity contribution is -0.148. The molecule has 0 heterocycles. The SMILES string of the molecule is CC(CC(=O)OCCOC(=O)Nc1ccc(C(=O)OCCOC(=O)c2ccc(N=C=O)cc2)cc1)CC(=O)OCCOC(=O)Nc1ccc(C(=O)OCCOC(=O)c2ccc(N=C=O)cc2)cc1. The molecule has 0 fully saturated rings. The molecule has 2 N–H and O–H groups in total. The Labute approximate surface area is 386 Å². The number of anilines is 2. The highest BCUT2D eigenvalue weighted by molar-refractivity contribution is 5.93. The van der Waals surface area contributed by atoms with Crippen molar-refractivity contribution in [3.05, 3.63) is 119 Å². The van der Waals surface area contributed by atoms with Crippen LogP contribution in [0.1, 0.15) is 61.2 Å². The summed E-state index contributed by atoms with van der Waals surface area (Å²) in [6, 6.07) is 22.7. The van der Waals surface area contributed by atoms with E-state index >= 15 is 0 Å². The molecule has 354 valence electrons. The highest BCUT2D eigenvalue weighted by Crippen LogP contribution is 2.16. The minimum atomic E-state index is -0.859. The molecule has 4 aromatic rings. The lowest BCUT2D eigenvalue weighted by atomic mass is 10.0. The van der Waals surface area contributed by atoms with Gasteiger partial charge in [-0.1, -0.05) is 6.92 Å². The van der Waals surface area contributed by atoms with Crippen LogP contribution in [-0.4, -0.2) is 113 Å². The molecule has 0 saturated carbocycles. The summed E-state index contributed by atoms with van der Waals surface area (Å²) in [5.74, 6) is -4.50. The van der Waals surface area contributed by atoms with Crippen LogP contribution in [0, 0.1) is 5.92 Å². The Balaban J connectivity index is 0.989. The van der Waals surface area contributed by atoms with E-state index in [0.29, 0.717) is 11.4 Å². The number of ether oxygens (including phenoxy) is 8. The first kappa shape index (κ1) is 51.6. The van der Waals surface area contributed by atoms with Crippen molar-refractivity contribution in [1.29, 1.82) is 0 Å². The summed E-state index contributed by atoms with van der Waals surface area (Å²) in [5.41, 5.74) is 1.95. The van der Waals surface area contributed by atoms with Gasteiger partial charge >= 0.3 is 48.0 Å². The number of esters is 6. The summed E-state index contributed by atoms with van der Waals surface area (Å²) in [6.45, 7) is -0.320. The van der Waals surface area contributed by atoms with Gasteiger partial charge in [0.2, 0.25) is 12.2 Å². The van der Waals surface area contributed by atoms with Crippen LogP contribution in [0.2, 0.25) is 0 Å². The second kappa shape index (κ2) is 28.0. The van der Waals surface area contributed by atoms with E-state index < -0.39 is 53.9 Å². The van der Waals surface area contributed by atoms with Crippen molar-refractivity contribution in [2.75, 3.05) is 63.5 Å². The normalized spacial score (nSPS) is 10.5. The number of carbonyl (C=O) groups is 8. The quantitative estimate of drug-likeness (QED) is 0.0270. The fourth-order valence-electron chi connectivity index (χ4n) is 5.35. The largest absolute Gasteiger partial charge is 0.462 e. The predicted molar refractivity (Wildman–Crippen MR) is 233 cm³/mol. The maximum atomic E-state index is 12.3. The van der Waals surface area contributed by atoms with Crippen LogP contribution >= 0.6 is 0 Å². The molecule has 0 radical (unpaired) electrons. The van der Waals surface area contributed by atoms with Gasteiger partial charge in [-0.25, -0.2) is 38.4 Å². The molecular weight excluding hydrogens is 897 g/mol. The average Bonchev–Trinajstić information content (AvgIpc) is 3.32. The van der Waals surface area contributed by atoms with Crippen molar-refractivity contribution in [3.8, 4) is 0 Å². The molecule has 4 aromatic carbocycles. The Kier molecular flexibility index (Phi) is 21.3. The lowest BCUT2D eigenvalue weighted by Crippen LogP contribution is -2.20. The molecule has 4 rings (SSSR count). The van der Waals surface area contributed by atoms with E-state index in [9.17, 15) is 47.9 Å². The van der Waals surface area contributed by atoms with Crippen molar-refractivity contribution in [2.45, 2.75) is 19.8 Å². The summed E-state index contributed by atoms with van der Waals surface area (Å²) in [7, 11) is 0. The Bertz CT molecular complexity index is 2310. The second-order valence-corrected chi connectivity index (χ2v) is 13.7. The van der Waals surface area contributed by atoms with Crippen molar-refractivity contribution in [3.63, 3.8) is 0 Å². The number of hydrogen-bond acceptors (Lipinski definition) is 20. The van der Waals surface area contributed by atoms with Crippen molar-refractivity contribution < 1.29 is 85.8 Å². The van der Waals surface area contributed by atoms with E-state index in [2.05, 4.69) is 20.6 Å². The zero-order chi connectivity index (χ0) is 49.1. The fourth-order valence-corrected chi connectivity index (χ4v) is 5.35. The molecule has 0 aliphatic heterocycles. The van der Waals surface area contributed by atoms with Gasteiger partial charge in [0.25, 0.3) is 0 Å². The number of hydrogen-bond donors (Lipinski definition) is 2. The molecule has 0 atom stereocenters. The molecule has 0 spiro atoms. The first-order chi connectivity index (χ1) is 32.8. The first-order valence-corrected chi connectivity index (χ1v) is 20.3. The van der Waals surface area contributed by atoms with Gasteiger partial charge in [0, 0.05) is 24.2 Å². The van der Waals surface area contributed by atoms with E-state index in [4.69, 9.17) is 37.9 Å². The third-order valence-corrected chi connectivity index (χ3v) is 8.58. The monoisotopic (exact) mass is 938 g/mol. The van der Waals surface area contributed by atoms with Crippen molar-refractivity contribution >= 4 is 82.9 Å². The maximum Gasteiger partial charge on any atom is 0.411 e. The van der Waals surface area contributed by atoms with Crippen LogP contribution in [0.4, 0.5) is 32.3 Å². The second-order valence-electron chi connectivity index (χ2n) is 13.7. The predicted octanol–water partition coefficient (Wildman–Crippen LogP) is 5.95. The summed E-state index contributed by atoms with van der Waals surface area (Å²) in [6.07, 6.45) is 0.782. The van der Waals surface area contributed by atoms with E-state index in [1.807, 2.05) is 0 Å². The van der Waals surface area contributed by atoms with Gasteiger partial charge in [0.05, 0.1) is 33.6 Å². The highest BCUT2D eigenvalue weighted by Gasteiger charge is 2.17. The number of rotatable bonds is 24. The highest BCUT2D eigenvalue weighted by atomic mass is 16.6. The van der Waals surface area contributed by atoms with Gasteiger partial charge in [-0.05, 0) is 103 Å². The third-order valence-electron chi connectivity index (χ3n) is 8.58. The number of nitrogens with zero attached hydrogens (tertiary/aromatic N) is 2. The van der Waals surface area contributed by atoms with Crippen molar-refractivity contribution in [1.82, 2.24) is 0 Å². The van der Waals surface area contributed by atoms with E-state index in [1.54, 1.807) is 6.92 Å². The van der Waals surface area contributed by atoms with Crippen LogP contribution in [-0.2, 0) is 57.1 Å². The Morgan fingerprint density at radius 2 is 0.676 bits per heavy atom. The molecule has 0 aromatic heterocycles. The molecule has 0 saturated heterocycles. The van der Waals surface area contributed by atoms with E-state index in [0.717, 1.165) is 0 Å². The third kappa shape index (κ3) is 19.0. The van der Waals surface area contributed by atoms with E-state index in [-0.39, 0.29) is 99.3 Å². The van der Waals surface area contributed by atoms with Crippen LogP contribution in [0.25, 0.3) is 0 Å². The minimum absolute atomic E-state index is 0.140. The van der Waals surface area contributed by atoms with Gasteiger partial charge in [-0.15, -0.1) is 0 Å². The topological polar surface area (TPSA) is 293 Å². The summed E-state index contributed by atoms with van der Waals surface area (Å²) in [5, 5.41) is 4.90. The number of amides is 2. The standard InChI is InChI=1S/C46H42N4O18/c1-30(26-39(53)61-18-24-67-45(59)49-37-14-6-33(7-15-37)43(57)65-22-20-63-41(55)31-2-10-35(11-3-31)47-28-51)27-40(54)62-19-25-68-46(60)50-38-16-8-34(9-17-38)44(58)66-23-21-64-42(56)32-4-12-36(13-5-32)48-29-52/h2-17,30H,18-27H2,1H3,(H,49,59)(H,50,60). The molecule has 2 amide bonds. The zero-order valence-corrected chi connectivity index (χ0v) is 36.1. The summed E-state index contributed by atoms with van der Waals surface area (Å²) in [4.78, 5) is 125. The molecule has 22 nitrogen and oxygen atoms in total. The first-order valence-electron chi connectivity index (χ1n) is 20.3.